The van der Waals surface area contributed by atoms with Gasteiger partial charge in [0.2, 0.25) is 0 Å². The van der Waals surface area contributed by atoms with Gasteiger partial charge in [-0.15, -0.1) is 5.54 Å². The quantitative estimate of drug-likeness (QED) is 0.374. The van der Waals surface area contributed by atoms with E-state index in [0.717, 1.165) is 0 Å². The molecule has 2 aromatic carbocycles. The molecule has 1 aliphatic heterocycles. The van der Waals surface area contributed by atoms with Gasteiger partial charge in [0.15, 0.2) is 23.4 Å². The summed E-state index contributed by atoms with van der Waals surface area (Å²) < 4.78 is 55.0. The predicted octanol–water partition coefficient (Wildman–Crippen LogP) is 5.13. The molecule has 1 atom stereocenters. The molecule has 184 valence electrons. The molecular formula is C25H27F3N4O2Si. The summed E-state index contributed by atoms with van der Waals surface area (Å²) in [5.74, 6) is 0.122. The van der Waals surface area contributed by atoms with E-state index < -0.39 is 32.5 Å². The molecule has 35 heavy (non-hydrogen) atoms. The van der Waals surface area contributed by atoms with Gasteiger partial charge in [0.25, 0.3) is 5.92 Å². The van der Waals surface area contributed by atoms with Crippen molar-refractivity contribution in [2.75, 3.05) is 25.5 Å². The Morgan fingerprint density at radius 1 is 1.17 bits per heavy atom. The van der Waals surface area contributed by atoms with Crippen LogP contribution in [0, 0.1) is 17.3 Å². The van der Waals surface area contributed by atoms with Crippen molar-refractivity contribution in [1.29, 1.82) is 0 Å². The largest absolute Gasteiger partial charge is 0.493 e. The van der Waals surface area contributed by atoms with Crippen LogP contribution in [0.5, 0.6) is 11.5 Å². The molecule has 10 heteroatoms. The lowest BCUT2D eigenvalue weighted by Crippen LogP contribution is -2.52. The minimum atomic E-state index is -3.03. The highest BCUT2D eigenvalue weighted by Crippen LogP contribution is 2.38. The summed E-state index contributed by atoms with van der Waals surface area (Å²) in [6, 6.07) is 8.05. The molecule has 4 rings (SSSR count). The molecule has 0 radical (unpaired) electrons. The maximum atomic E-state index is 15.2. The van der Waals surface area contributed by atoms with Crippen LogP contribution in [0.3, 0.4) is 0 Å². The van der Waals surface area contributed by atoms with E-state index in [1.165, 1.54) is 13.4 Å². The molecule has 3 aromatic rings. The van der Waals surface area contributed by atoms with Gasteiger partial charge in [-0.2, -0.15) is 0 Å². The standard InChI is InChI=1S/C25H27F3N4O2Si/c1-33-20-13-19-17(12-21(20)34-22-8-10-29-14-25(22,27)28)24(31-15-30-19)32-18-7-5-6-16(23(18)26)9-11-35(2,3)4/h5-7,12-13,15,22,29H,8,10,14H2,1-4H3,(H,30,31,32). The average Bonchev–Trinajstić information content (AvgIpc) is 2.80. The van der Waals surface area contributed by atoms with E-state index in [9.17, 15) is 8.78 Å². The van der Waals surface area contributed by atoms with Crippen molar-refractivity contribution in [1.82, 2.24) is 15.3 Å². The number of aromatic nitrogens is 2. The molecule has 0 bridgehead atoms. The SMILES string of the molecule is COc1cc2ncnc(Nc3cccc(C#C[Si](C)(C)C)c3F)c2cc1OC1CCNCC1(F)F. The van der Waals surface area contributed by atoms with E-state index in [-0.39, 0.29) is 29.2 Å². The van der Waals surface area contributed by atoms with Crippen molar-refractivity contribution in [3.8, 4) is 23.0 Å². The number of anilines is 2. The first-order valence-corrected chi connectivity index (χ1v) is 14.7. The van der Waals surface area contributed by atoms with Crippen LogP contribution in [0.4, 0.5) is 24.7 Å². The number of ether oxygens (including phenoxy) is 2. The van der Waals surface area contributed by atoms with Crippen molar-refractivity contribution >= 4 is 30.5 Å². The van der Waals surface area contributed by atoms with Gasteiger partial charge in [-0.05, 0) is 24.7 Å². The Morgan fingerprint density at radius 3 is 2.69 bits per heavy atom. The number of methoxy groups -OCH3 is 1. The van der Waals surface area contributed by atoms with Crippen molar-refractivity contribution in [2.45, 2.75) is 38.1 Å². The fourth-order valence-electron chi connectivity index (χ4n) is 3.63. The van der Waals surface area contributed by atoms with E-state index in [1.54, 1.807) is 30.3 Å². The normalized spacial score (nSPS) is 17.4. The van der Waals surface area contributed by atoms with Crippen molar-refractivity contribution < 1.29 is 22.6 Å². The average molecular weight is 501 g/mol. The molecule has 0 saturated carbocycles. The van der Waals surface area contributed by atoms with Gasteiger partial charge in [-0.3, -0.25) is 0 Å². The zero-order valence-corrected chi connectivity index (χ0v) is 21.0. The molecule has 1 aliphatic rings. The number of hydrogen-bond acceptors (Lipinski definition) is 6. The van der Waals surface area contributed by atoms with Crippen LogP contribution in [0.2, 0.25) is 19.6 Å². The third kappa shape index (κ3) is 5.69. The number of piperidine rings is 1. The summed E-state index contributed by atoms with van der Waals surface area (Å²) in [7, 11) is -0.259. The molecule has 0 spiro atoms. The third-order valence-corrected chi connectivity index (χ3v) is 6.30. The van der Waals surface area contributed by atoms with Gasteiger partial charge in [-0.1, -0.05) is 31.6 Å². The molecule has 2 heterocycles. The van der Waals surface area contributed by atoms with E-state index in [2.05, 4.69) is 51.7 Å². The maximum Gasteiger partial charge on any atom is 0.296 e. The Hall–Kier alpha value is -3.29. The van der Waals surface area contributed by atoms with Gasteiger partial charge in [-0.25, -0.2) is 23.1 Å². The molecule has 0 aliphatic carbocycles. The van der Waals surface area contributed by atoms with E-state index in [4.69, 9.17) is 9.47 Å². The van der Waals surface area contributed by atoms with Crippen LogP contribution >= 0.6 is 0 Å². The Morgan fingerprint density at radius 2 is 1.97 bits per heavy atom. The Labute approximate surface area is 203 Å². The van der Waals surface area contributed by atoms with E-state index in [0.29, 0.717) is 23.3 Å². The molecule has 2 N–H and O–H groups in total. The van der Waals surface area contributed by atoms with Crippen LogP contribution in [0.1, 0.15) is 12.0 Å². The summed E-state index contributed by atoms with van der Waals surface area (Å²) in [6.07, 6.45) is 0.162. The van der Waals surface area contributed by atoms with Gasteiger partial charge in [0.1, 0.15) is 20.2 Å². The Kier molecular flexibility index (Phi) is 6.92. The van der Waals surface area contributed by atoms with Gasteiger partial charge >= 0.3 is 0 Å². The fraction of sp³-hybridized carbons (Fsp3) is 0.360. The van der Waals surface area contributed by atoms with Gasteiger partial charge < -0.3 is 20.1 Å². The van der Waals surface area contributed by atoms with E-state index >= 15 is 4.39 Å². The summed E-state index contributed by atoms with van der Waals surface area (Å²) in [6.45, 7) is 6.21. The first-order valence-electron chi connectivity index (χ1n) is 11.2. The number of fused-ring (bicyclic) bond motifs is 1. The van der Waals surface area contributed by atoms with Crippen LogP contribution in [-0.2, 0) is 0 Å². The summed E-state index contributed by atoms with van der Waals surface area (Å²) in [5, 5.41) is 6.15. The minimum Gasteiger partial charge on any atom is -0.493 e. The second-order valence-electron chi connectivity index (χ2n) is 9.37. The Balaban J connectivity index is 1.71. The van der Waals surface area contributed by atoms with Crippen LogP contribution < -0.4 is 20.1 Å². The van der Waals surface area contributed by atoms with Gasteiger partial charge in [0.05, 0.1) is 30.4 Å². The lowest BCUT2D eigenvalue weighted by atomic mass is 10.1. The zero-order chi connectivity index (χ0) is 25.2. The number of benzene rings is 2. The lowest BCUT2D eigenvalue weighted by Gasteiger charge is -2.32. The van der Waals surface area contributed by atoms with Crippen LogP contribution in [0.25, 0.3) is 10.9 Å². The van der Waals surface area contributed by atoms with Crippen molar-refractivity contribution in [2.24, 2.45) is 0 Å². The second-order valence-corrected chi connectivity index (χ2v) is 14.1. The third-order valence-electron chi connectivity index (χ3n) is 5.43. The highest BCUT2D eigenvalue weighted by Gasteiger charge is 2.43. The monoisotopic (exact) mass is 500 g/mol. The summed E-state index contributed by atoms with van der Waals surface area (Å²) in [4.78, 5) is 8.51. The number of alkyl halides is 2. The second kappa shape index (κ2) is 9.75. The smallest absolute Gasteiger partial charge is 0.296 e. The zero-order valence-electron chi connectivity index (χ0n) is 20.0. The van der Waals surface area contributed by atoms with Crippen molar-refractivity contribution in [3.63, 3.8) is 0 Å². The fourth-order valence-corrected chi connectivity index (χ4v) is 4.14. The van der Waals surface area contributed by atoms with Crippen LogP contribution in [-0.4, -0.2) is 50.3 Å². The Bertz CT molecular complexity index is 1300. The number of hydrogen-bond donors (Lipinski definition) is 2. The maximum absolute atomic E-state index is 15.2. The predicted molar refractivity (Wildman–Crippen MR) is 133 cm³/mol. The molecule has 1 saturated heterocycles. The lowest BCUT2D eigenvalue weighted by molar-refractivity contribution is -0.109. The highest BCUT2D eigenvalue weighted by atomic mass is 28.3. The summed E-state index contributed by atoms with van der Waals surface area (Å²) >= 11 is 0. The molecule has 1 aromatic heterocycles. The molecule has 1 unspecified atom stereocenters. The number of nitrogens with zero attached hydrogens (tertiary/aromatic N) is 2. The minimum absolute atomic E-state index is 0.139. The first-order chi connectivity index (χ1) is 16.6. The van der Waals surface area contributed by atoms with E-state index in [1.807, 2.05) is 0 Å². The molecule has 0 amide bonds. The first kappa shape index (κ1) is 24.8. The number of rotatable bonds is 5. The number of nitrogens with one attached hydrogen (secondary N) is 2. The topological polar surface area (TPSA) is 68.3 Å². The molecule has 1 fully saturated rings. The van der Waals surface area contributed by atoms with Gasteiger partial charge in [0, 0.05) is 17.9 Å². The highest BCUT2D eigenvalue weighted by molar-refractivity contribution is 6.83. The molecule has 6 nitrogen and oxygen atoms in total. The van der Waals surface area contributed by atoms with Crippen molar-refractivity contribution in [3.05, 3.63) is 48.0 Å². The molecular weight excluding hydrogens is 473 g/mol. The summed E-state index contributed by atoms with van der Waals surface area (Å²) in [5.41, 5.74) is 4.13. The number of halogens is 3. The van der Waals surface area contributed by atoms with Crippen LogP contribution in [0.15, 0.2) is 36.7 Å².